The van der Waals surface area contributed by atoms with Gasteiger partial charge in [0.1, 0.15) is 0 Å². The average molecular weight is 370 g/mol. The second kappa shape index (κ2) is 8.46. The number of benzene rings is 4. The predicted molar refractivity (Wildman–Crippen MR) is 122 cm³/mol. The highest BCUT2D eigenvalue weighted by atomic mass is 14.4. The molecule has 29 heavy (non-hydrogen) atoms. The molecule has 0 radical (unpaired) electrons. The maximum Gasteiger partial charge on any atom is 0.0713 e. The molecular formula is C29H22. The zero-order valence-corrected chi connectivity index (χ0v) is 16.2. The van der Waals surface area contributed by atoms with Gasteiger partial charge in [0.2, 0.25) is 0 Å². The summed E-state index contributed by atoms with van der Waals surface area (Å²) < 4.78 is 0. The monoisotopic (exact) mass is 370 g/mol. The molecule has 0 saturated carbocycles. The summed E-state index contributed by atoms with van der Waals surface area (Å²) in [5.41, 5.74) is 5.22. The molecular weight excluding hydrogens is 348 g/mol. The maximum atomic E-state index is 5.87. The van der Waals surface area contributed by atoms with Gasteiger partial charge in [-0.15, -0.1) is 6.42 Å². The maximum absolute atomic E-state index is 5.87. The average Bonchev–Trinajstić information content (AvgIpc) is 2.82. The summed E-state index contributed by atoms with van der Waals surface area (Å²) in [6.45, 7) is 0. The SMILES string of the molecule is C#CC=C(c1ccccc1)C(c1ccccc1)(c1ccccc1)c1ccccc1. The first-order chi connectivity index (χ1) is 14.4. The van der Waals surface area contributed by atoms with Crippen molar-refractivity contribution < 1.29 is 0 Å². The quantitative estimate of drug-likeness (QED) is 0.270. The fraction of sp³-hybridized carbons (Fsp3) is 0.0345. The molecule has 4 rings (SSSR count). The molecule has 0 spiro atoms. The van der Waals surface area contributed by atoms with Crippen LogP contribution in [0.1, 0.15) is 22.3 Å². The molecule has 0 nitrogen and oxygen atoms in total. The van der Waals surface area contributed by atoms with Crippen LogP contribution in [-0.4, -0.2) is 0 Å². The Bertz CT molecular complexity index is 1020. The predicted octanol–water partition coefficient (Wildman–Crippen LogP) is 6.74. The Morgan fingerprint density at radius 2 is 0.897 bits per heavy atom. The number of terminal acetylenes is 1. The fourth-order valence-corrected chi connectivity index (χ4v) is 4.14. The van der Waals surface area contributed by atoms with E-state index in [0.29, 0.717) is 0 Å². The van der Waals surface area contributed by atoms with Crippen molar-refractivity contribution in [3.8, 4) is 12.3 Å². The first kappa shape index (κ1) is 18.5. The van der Waals surface area contributed by atoms with Crippen LogP contribution >= 0.6 is 0 Å². The lowest BCUT2D eigenvalue weighted by Gasteiger charge is -2.38. The molecule has 0 aromatic heterocycles. The molecule has 0 aliphatic rings. The van der Waals surface area contributed by atoms with Crippen LogP contribution in [0.4, 0.5) is 0 Å². The van der Waals surface area contributed by atoms with Crippen molar-refractivity contribution in [2.24, 2.45) is 0 Å². The Balaban J connectivity index is 2.17. The van der Waals surface area contributed by atoms with Crippen LogP contribution in [0.5, 0.6) is 0 Å². The summed E-state index contributed by atoms with van der Waals surface area (Å²) in [6.07, 6.45) is 7.79. The van der Waals surface area contributed by atoms with E-state index in [0.717, 1.165) is 11.1 Å². The molecule has 0 heteroatoms. The van der Waals surface area contributed by atoms with E-state index in [1.165, 1.54) is 16.7 Å². The standard InChI is InChI=1S/C29H22/c1-2-15-28(24-16-7-3-8-17-24)29(25-18-9-4-10-19-25,26-20-11-5-12-21-26)27-22-13-6-14-23-27/h1,3-23H. The van der Waals surface area contributed by atoms with Crippen LogP contribution in [0.15, 0.2) is 127 Å². The van der Waals surface area contributed by atoms with Crippen LogP contribution in [0, 0.1) is 12.3 Å². The number of hydrogen-bond acceptors (Lipinski definition) is 0. The number of allylic oxidation sites excluding steroid dienone is 2. The van der Waals surface area contributed by atoms with Gasteiger partial charge in [-0.05, 0) is 33.9 Å². The van der Waals surface area contributed by atoms with Crippen molar-refractivity contribution in [2.45, 2.75) is 5.41 Å². The zero-order valence-electron chi connectivity index (χ0n) is 16.2. The Morgan fingerprint density at radius 1 is 0.552 bits per heavy atom. The van der Waals surface area contributed by atoms with Crippen LogP contribution in [0.25, 0.3) is 5.57 Å². The van der Waals surface area contributed by atoms with Crippen molar-refractivity contribution in [2.75, 3.05) is 0 Å². The second-order valence-corrected chi connectivity index (χ2v) is 6.94. The van der Waals surface area contributed by atoms with E-state index in [2.05, 4.69) is 121 Å². The van der Waals surface area contributed by atoms with Crippen molar-refractivity contribution in [3.63, 3.8) is 0 Å². The molecule has 0 fully saturated rings. The molecule has 0 saturated heterocycles. The smallest absolute Gasteiger partial charge is 0.0713 e. The molecule has 4 aromatic carbocycles. The van der Waals surface area contributed by atoms with Crippen molar-refractivity contribution >= 4 is 5.57 Å². The van der Waals surface area contributed by atoms with Gasteiger partial charge in [-0.1, -0.05) is 127 Å². The van der Waals surface area contributed by atoms with Gasteiger partial charge in [-0.2, -0.15) is 0 Å². The van der Waals surface area contributed by atoms with Gasteiger partial charge in [-0.25, -0.2) is 0 Å². The Morgan fingerprint density at radius 3 is 1.24 bits per heavy atom. The van der Waals surface area contributed by atoms with Gasteiger partial charge in [0.15, 0.2) is 0 Å². The van der Waals surface area contributed by atoms with Crippen LogP contribution in [-0.2, 0) is 5.41 Å². The Labute approximate surface area is 173 Å². The van der Waals surface area contributed by atoms with E-state index in [4.69, 9.17) is 6.42 Å². The van der Waals surface area contributed by atoms with Crippen LogP contribution in [0.2, 0.25) is 0 Å². The van der Waals surface area contributed by atoms with E-state index in [1.54, 1.807) is 0 Å². The number of hydrogen-bond donors (Lipinski definition) is 0. The third kappa shape index (κ3) is 3.40. The van der Waals surface area contributed by atoms with Crippen molar-refractivity contribution in [1.82, 2.24) is 0 Å². The molecule has 0 aliphatic heterocycles. The summed E-state index contributed by atoms with van der Waals surface area (Å²) in [7, 11) is 0. The summed E-state index contributed by atoms with van der Waals surface area (Å²) >= 11 is 0. The zero-order chi connectivity index (χ0) is 19.9. The minimum Gasteiger partial charge on any atom is -0.115 e. The Hall–Kier alpha value is -3.82. The number of rotatable bonds is 5. The van der Waals surface area contributed by atoms with E-state index in [-0.39, 0.29) is 0 Å². The van der Waals surface area contributed by atoms with Crippen molar-refractivity contribution in [1.29, 1.82) is 0 Å². The Kier molecular flexibility index (Phi) is 5.41. The highest BCUT2D eigenvalue weighted by Gasteiger charge is 2.40. The molecule has 0 bridgehead atoms. The lowest BCUT2D eigenvalue weighted by Crippen LogP contribution is -2.31. The summed E-state index contributed by atoms with van der Waals surface area (Å²) in [4.78, 5) is 0. The normalized spacial score (nSPS) is 11.6. The first-order valence-corrected chi connectivity index (χ1v) is 9.76. The lowest BCUT2D eigenvalue weighted by molar-refractivity contribution is 0.801. The summed E-state index contributed by atoms with van der Waals surface area (Å²) in [5, 5.41) is 0. The molecule has 0 heterocycles. The highest BCUT2D eigenvalue weighted by Crippen LogP contribution is 2.49. The third-order valence-corrected chi connectivity index (χ3v) is 5.34. The van der Waals surface area contributed by atoms with Gasteiger partial charge in [0.25, 0.3) is 0 Å². The minimum absolute atomic E-state index is 0.530. The van der Waals surface area contributed by atoms with Gasteiger partial charge < -0.3 is 0 Å². The van der Waals surface area contributed by atoms with E-state index in [1.807, 2.05) is 12.1 Å². The molecule has 0 N–H and O–H groups in total. The first-order valence-electron chi connectivity index (χ1n) is 9.76. The van der Waals surface area contributed by atoms with E-state index in [9.17, 15) is 0 Å². The van der Waals surface area contributed by atoms with Gasteiger partial charge >= 0.3 is 0 Å². The van der Waals surface area contributed by atoms with Gasteiger partial charge in [-0.3, -0.25) is 0 Å². The summed E-state index contributed by atoms with van der Waals surface area (Å²) in [6, 6.07) is 42.3. The van der Waals surface area contributed by atoms with E-state index < -0.39 is 5.41 Å². The highest BCUT2D eigenvalue weighted by molar-refractivity contribution is 5.85. The molecule has 0 aliphatic carbocycles. The third-order valence-electron chi connectivity index (χ3n) is 5.34. The summed E-state index contributed by atoms with van der Waals surface area (Å²) in [5.74, 6) is 2.82. The largest absolute Gasteiger partial charge is 0.115 e. The van der Waals surface area contributed by atoms with Crippen LogP contribution < -0.4 is 0 Å². The molecule has 0 unspecified atom stereocenters. The molecule has 0 atom stereocenters. The van der Waals surface area contributed by atoms with Crippen molar-refractivity contribution in [3.05, 3.63) is 150 Å². The molecule has 4 aromatic rings. The van der Waals surface area contributed by atoms with Gasteiger partial charge in [0, 0.05) is 0 Å². The van der Waals surface area contributed by atoms with Crippen LogP contribution in [0.3, 0.4) is 0 Å². The lowest BCUT2D eigenvalue weighted by atomic mass is 9.63. The topological polar surface area (TPSA) is 0 Å². The van der Waals surface area contributed by atoms with Gasteiger partial charge in [0.05, 0.1) is 5.41 Å². The minimum atomic E-state index is -0.530. The molecule has 0 amide bonds. The molecule has 138 valence electrons. The second-order valence-electron chi connectivity index (χ2n) is 6.94. The fourth-order valence-electron chi connectivity index (χ4n) is 4.14. The van der Waals surface area contributed by atoms with E-state index >= 15 is 0 Å².